The first-order valence-electron chi connectivity index (χ1n) is 5.98. The average Bonchev–Trinajstić information content (AvgIpc) is 2.60. The highest BCUT2D eigenvalue weighted by Crippen LogP contribution is 2.20. The van der Waals surface area contributed by atoms with E-state index in [1.165, 1.54) is 0 Å². The van der Waals surface area contributed by atoms with E-state index < -0.39 is 0 Å². The van der Waals surface area contributed by atoms with Gasteiger partial charge in [-0.05, 0) is 33.8 Å². The zero-order valence-electron chi connectivity index (χ0n) is 10.8. The maximum absolute atomic E-state index is 12.4. The van der Waals surface area contributed by atoms with E-state index in [1.54, 1.807) is 0 Å². The van der Waals surface area contributed by atoms with Gasteiger partial charge in [0.15, 0.2) is 0 Å². The summed E-state index contributed by atoms with van der Waals surface area (Å²) >= 11 is 0. The fourth-order valence-electron chi connectivity index (χ4n) is 2.18. The fourth-order valence-corrected chi connectivity index (χ4v) is 2.18. The first-order chi connectivity index (χ1) is 7.99. The topological polar surface area (TPSA) is 42.7 Å². The van der Waals surface area contributed by atoms with Gasteiger partial charge in [0.25, 0.3) is 5.91 Å². The molecule has 2 unspecified atom stereocenters. The minimum absolute atomic E-state index is 0.0435. The van der Waals surface area contributed by atoms with E-state index in [9.17, 15) is 4.79 Å². The highest BCUT2D eigenvalue weighted by atomic mass is 16.5. The highest BCUT2D eigenvalue weighted by Gasteiger charge is 2.29. The number of carbonyl (C=O) groups is 1. The van der Waals surface area contributed by atoms with E-state index in [1.807, 2.05) is 38.7 Å². The Morgan fingerprint density at radius 2 is 2.12 bits per heavy atom. The second-order valence-corrected chi connectivity index (χ2v) is 4.78. The van der Waals surface area contributed by atoms with Crippen molar-refractivity contribution in [3.05, 3.63) is 23.2 Å². The molecule has 0 N–H and O–H groups in total. The van der Waals surface area contributed by atoms with Gasteiger partial charge in [0.05, 0.1) is 24.3 Å². The Hall–Kier alpha value is -1.29. The maximum atomic E-state index is 12.4. The standard InChI is InChI=1S/C13H19NO3/c1-8-7-16-10(3)6-14(8)13(15)12-5-9(2)17-11(12)4/h5,8,10H,6-7H2,1-4H3. The van der Waals surface area contributed by atoms with Crippen LogP contribution in [0.1, 0.15) is 35.7 Å². The van der Waals surface area contributed by atoms with Crippen LogP contribution in [0.5, 0.6) is 0 Å². The molecule has 2 atom stereocenters. The number of nitrogens with zero attached hydrogens (tertiary/aromatic N) is 1. The summed E-state index contributed by atoms with van der Waals surface area (Å²) in [6, 6.07) is 1.93. The lowest BCUT2D eigenvalue weighted by Crippen LogP contribution is -2.50. The smallest absolute Gasteiger partial charge is 0.257 e. The molecule has 0 aromatic carbocycles. The molecule has 94 valence electrons. The zero-order valence-corrected chi connectivity index (χ0v) is 10.8. The van der Waals surface area contributed by atoms with Gasteiger partial charge in [-0.3, -0.25) is 4.79 Å². The van der Waals surface area contributed by atoms with Crippen molar-refractivity contribution in [3.63, 3.8) is 0 Å². The molecule has 1 fully saturated rings. The summed E-state index contributed by atoms with van der Waals surface area (Å²) in [7, 11) is 0. The molecule has 0 radical (unpaired) electrons. The van der Waals surface area contributed by atoms with E-state index in [2.05, 4.69) is 0 Å². The third-order valence-electron chi connectivity index (χ3n) is 3.14. The van der Waals surface area contributed by atoms with Crippen LogP contribution in [0, 0.1) is 13.8 Å². The molecule has 1 amide bonds. The number of rotatable bonds is 1. The number of hydrogen-bond acceptors (Lipinski definition) is 3. The van der Waals surface area contributed by atoms with Crippen LogP contribution >= 0.6 is 0 Å². The van der Waals surface area contributed by atoms with Crippen molar-refractivity contribution in [3.8, 4) is 0 Å². The minimum Gasteiger partial charge on any atom is -0.466 e. The summed E-state index contributed by atoms with van der Waals surface area (Å²) in [6.07, 6.45) is 0.100. The SMILES string of the molecule is Cc1cc(C(=O)N2CC(C)OCC2C)c(C)o1. The molecule has 0 saturated carbocycles. The minimum atomic E-state index is 0.0435. The van der Waals surface area contributed by atoms with E-state index in [4.69, 9.17) is 9.15 Å². The Labute approximate surface area is 102 Å². The maximum Gasteiger partial charge on any atom is 0.257 e. The Morgan fingerprint density at radius 1 is 1.41 bits per heavy atom. The number of morpholine rings is 1. The summed E-state index contributed by atoms with van der Waals surface area (Å²) in [5, 5.41) is 0. The first kappa shape index (κ1) is 12.2. The van der Waals surface area contributed by atoms with Crippen LogP contribution in [0.4, 0.5) is 0 Å². The Balaban J connectivity index is 2.21. The second-order valence-electron chi connectivity index (χ2n) is 4.78. The predicted octanol–water partition coefficient (Wildman–Crippen LogP) is 2.15. The van der Waals surface area contributed by atoms with Crippen LogP contribution in [0.15, 0.2) is 10.5 Å². The molecule has 1 aromatic heterocycles. The molecule has 4 nitrogen and oxygen atoms in total. The van der Waals surface area contributed by atoms with Gasteiger partial charge in [0.2, 0.25) is 0 Å². The molecule has 17 heavy (non-hydrogen) atoms. The Kier molecular flexibility index (Phi) is 3.24. The van der Waals surface area contributed by atoms with Gasteiger partial charge < -0.3 is 14.1 Å². The van der Waals surface area contributed by atoms with Gasteiger partial charge in [-0.1, -0.05) is 0 Å². The monoisotopic (exact) mass is 237 g/mol. The van der Waals surface area contributed by atoms with E-state index in [-0.39, 0.29) is 18.1 Å². The molecule has 4 heteroatoms. The average molecular weight is 237 g/mol. The van der Waals surface area contributed by atoms with Crippen LogP contribution in [0.2, 0.25) is 0 Å². The number of amides is 1. The molecular formula is C13H19NO3. The third kappa shape index (κ3) is 2.36. The summed E-state index contributed by atoms with van der Waals surface area (Å²) in [5.41, 5.74) is 0.670. The van der Waals surface area contributed by atoms with Crippen molar-refractivity contribution in [2.24, 2.45) is 0 Å². The highest BCUT2D eigenvalue weighted by molar-refractivity contribution is 5.95. The summed E-state index contributed by atoms with van der Waals surface area (Å²) in [6.45, 7) is 8.92. The molecule has 2 rings (SSSR count). The number of furan rings is 1. The second kappa shape index (κ2) is 4.53. The van der Waals surface area contributed by atoms with E-state index in [0.717, 1.165) is 5.76 Å². The van der Waals surface area contributed by atoms with Gasteiger partial charge in [0, 0.05) is 6.54 Å². The van der Waals surface area contributed by atoms with Crippen molar-refractivity contribution in [1.29, 1.82) is 0 Å². The Bertz CT molecular complexity index is 424. The predicted molar refractivity (Wildman–Crippen MR) is 64.1 cm³/mol. The molecular weight excluding hydrogens is 218 g/mol. The molecule has 0 aliphatic carbocycles. The lowest BCUT2D eigenvalue weighted by atomic mass is 10.1. The number of hydrogen-bond donors (Lipinski definition) is 0. The lowest BCUT2D eigenvalue weighted by molar-refractivity contribution is -0.0387. The van der Waals surface area contributed by atoms with Crippen molar-refractivity contribution in [2.45, 2.75) is 39.8 Å². The van der Waals surface area contributed by atoms with Crippen LogP contribution in [0.3, 0.4) is 0 Å². The first-order valence-corrected chi connectivity index (χ1v) is 5.98. The van der Waals surface area contributed by atoms with Gasteiger partial charge in [-0.15, -0.1) is 0 Å². The molecule has 1 aliphatic rings. The molecule has 1 aliphatic heterocycles. The fraction of sp³-hybridized carbons (Fsp3) is 0.615. The van der Waals surface area contributed by atoms with Crippen LogP contribution in [-0.4, -0.2) is 36.1 Å². The van der Waals surface area contributed by atoms with Crippen LogP contribution in [-0.2, 0) is 4.74 Å². The quantitative estimate of drug-likeness (QED) is 0.751. The van der Waals surface area contributed by atoms with Crippen molar-refractivity contribution in [1.82, 2.24) is 4.90 Å². The molecule has 2 heterocycles. The Morgan fingerprint density at radius 3 is 2.71 bits per heavy atom. The number of carbonyl (C=O) groups excluding carboxylic acids is 1. The van der Waals surface area contributed by atoms with Gasteiger partial charge >= 0.3 is 0 Å². The van der Waals surface area contributed by atoms with Crippen molar-refractivity contribution >= 4 is 5.91 Å². The largest absolute Gasteiger partial charge is 0.466 e. The molecule has 0 spiro atoms. The normalized spacial score (nSPS) is 25.1. The van der Waals surface area contributed by atoms with E-state index in [0.29, 0.717) is 24.5 Å². The van der Waals surface area contributed by atoms with E-state index >= 15 is 0 Å². The molecule has 1 saturated heterocycles. The van der Waals surface area contributed by atoms with Crippen molar-refractivity contribution < 1.29 is 13.9 Å². The summed E-state index contributed by atoms with van der Waals surface area (Å²) in [4.78, 5) is 14.3. The van der Waals surface area contributed by atoms with Crippen LogP contribution < -0.4 is 0 Å². The summed E-state index contributed by atoms with van der Waals surface area (Å²) in [5.74, 6) is 1.51. The third-order valence-corrected chi connectivity index (χ3v) is 3.14. The van der Waals surface area contributed by atoms with Crippen LogP contribution in [0.25, 0.3) is 0 Å². The summed E-state index contributed by atoms with van der Waals surface area (Å²) < 4.78 is 10.9. The number of ether oxygens (including phenoxy) is 1. The molecule has 0 bridgehead atoms. The lowest BCUT2D eigenvalue weighted by Gasteiger charge is -2.36. The van der Waals surface area contributed by atoms with Gasteiger partial charge in [-0.25, -0.2) is 0 Å². The number of aryl methyl sites for hydroxylation is 2. The zero-order chi connectivity index (χ0) is 12.6. The van der Waals surface area contributed by atoms with Crippen molar-refractivity contribution in [2.75, 3.05) is 13.2 Å². The van der Waals surface area contributed by atoms with Gasteiger partial charge in [-0.2, -0.15) is 0 Å². The van der Waals surface area contributed by atoms with Gasteiger partial charge in [0.1, 0.15) is 11.5 Å². The molecule has 1 aromatic rings.